The molecule has 0 aromatic carbocycles. The fraction of sp³-hybridized carbons (Fsp3) is 0.400. The molecule has 0 spiro atoms. The zero-order valence-corrected chi connectivity index (χ0v) is 13.1. The summed E-state index contributed by atoms with van der Waals surface area (Å²) < 4.78 is 10.3. The quantitative estimate of drug-likeness (QED) is 0.860. The lowest BCUT2D eigenvalue weighted by Gasteiger charge is -2.16. The van der Waals surface area contributed by atoms with E-state index in [9.17, 15) is 9.90 Å². The molecule has 1 amide bonds. The number of aliphatic hydroxyl groups excluding tert-OH is 1. The van der Waals surface area contributed by atoms with Gasteiger partial charge in [0, 0.05) is 17.3 Å². The number of carbonyl (C=O) groups excluding carboxylic acids is 1. The number of rotatable bonds is 6. The van der Waals surface area contributed by atoms with Crippen molar-refractivity contribution in [3.05, 3.63) is 40.0 Å². The first-order valence-electron chi connectivity index (χ1n) is 6.68. The van der Waals surface area contributed by atoms with Crippen molar-refractivity contribution < 1.29 is 19.1 Å². The lowest BCUT2D eigenvalue weighted by atomic mass is 10.1. The molecular weight excluding hydrogens is 290 g/mol. The predicted molar refractivity (Wildman–Crippen MR) is 80.8 cm³/mol. The second kappa shape index (κ2) is 6.78. The Bertz CT molecular complexity index is 591. The molecule has 0 saturated carbocycles. The van der Waals surface area contributed by atoms with Crippen LogP contribution in [0.25, 0.3) is 0 Å². The number of amides is 1. The molecule has 114 valence electrons. The van der Waals surface area contributed by atoms with Gasteiger partial charge in [0.25, 0.3) is 5.91 Å². The molecule has 0 saturated heterocycles. The zero-order valence-electron chi connectivity index (χ0n) is 12.3. The molecule has 5 nitrogen and oxygen atoms in total. The van der Waals surface area contributed by atoms with Crippen molar-refractivity contribution in [2.45, 2.75) is 32.4 Å². The van der Waals surface area contributed by atoms with E-state index >= 15 is 0 Å². The fourth-order valence-corrected chi connectivity index (χ4v) is 2.96. The number of aryl methyl sites for hydroxylation is 1. The van der Waals surface area contributed by atoms with Crippen LogP contribution in [0, 0.1) is 6.92 Å². The lowest BCUT2D eigenvalue weighted by molar-refractivity contribution is 0.0904. The van der Waals surface area contributed by atoms with Crippen LogP contribution in [-0.2, 0) is 0 Å². The topological polar surface area (TPSA) is 71.7 Å². The number of nitrogens with one attached hydrogen (secondary N) is 1. The summed E-state index contributed by atoms with van der Waals surface area (Å²) in [6, 6.07) is 5.08. The highest BCUT2D eigenvalue weighted by Crippen LogP contribution is 2.28. The number of aliphatic hydroxyl groups is 1. The van der Waals surface area contributed by atoms with E-state index in [0.717, 1.165) is 4.88 Å². The molecular formula is C15H19NO4S. The van der Waals surface area contributed by atoms with Crippen LogP contribution in [0.3, 0.4) is 0 Å². The number of carbonyl (C=O) groups is 1. The molecule has 2 aromatic rings. The maximum absolute atomic E-state index is 12.2. The smallest absolute Gasteiger partial charge is 0.265 e. The van der Waals surface area contributed by atoms with E-state index in [1.807, 2.05) is 19.9 Å². The number of hydrogen-bond donors (Lipinski definition) is 2. The van der Waals surface area contributed by atoms with Crippen LogP contribution in [0.1, 0.15) is 39.8 Å². The Labute approximate surface area is 127 Å². The number of furan rings is 1. The summed E-state index contributed by atoms with van der Waals surface area (Å²) >= 11 is 1.39. The van der Waals surface area contributed by atoms with Gasteiger partial charge in [-0.3, -0.25) is 4.79 Å². The predicted octanol–water partition coefficient (Wildman–Crippen LogP) is 2.90. The molecule has 6 heteroatoms. The highest BCUT2D eigenvalue weighted by atomic mass is 32.1. The summed E-state index contributed by atoms with van der Waals surface area (Å²) in [6.07, 6.45) is 1.16. The van der Waals surface area contributed by atoms with Gasteiger partial charge in [-0.1, -0.05) is 0 Å². The Balaban J connectivity index is 1.95. The van der Waals surface area contributed by atoms with Crippen molar-refractivity contribution in [3.63, 3.8) is 0 Å². The standard InChI is InChI=1S/C15H19NO4S/c1-9(7-11(17)12-5-4-6-20-12)16-15(18)14-13(19-3)8-10(2)21-14/h4-6,8-9,11,17H,7H2,1-3H3,(H,16,18). The number of methoxy groups -OCH3 is 1. The van der Waals surface area contributed by atoms with Gasteiger partial charge in [-0.15, -0.1) is 11.3 Å². The van der Waals surface area contributed by atoms with Crippen molar-refractivity contribution >= 4 is 17.2 Å². The number of ether oxygens (including phenoxy) is 1. The van der Waals surface area contributed by atoms with Crippen molar-refractivity contribution in [3.8, 4) is 5.75 Å². The van der Waals surface area contributed by atoms with Gasteiger partial charge in [-0.05, 0) is 32.0 Å². The molecule has 2 atom stereocenters. The van der Waals surface area contributed by atoms with Gasteiger partial charge in [-0.2, -0.15) is 0 Å². The van der Waals surface area contributed by atoms with Crippen molar-refractivity contribution in [2.75, 3.05) is 7.11 Å². The van der Waals surface area contributed by atoms with E-state index in [4.69, 9.17) is 9.15 Å². The van der Waals surface area contributed by atoms with Crippen molar-refractivity contribution in [1.82, 2.24) is 5.32 Å². The minimum Gasteiger partial charge on any atom is -0.495 e. The molecule has 21 heavy (non-hydrogen) atoms. The molecule has 2 N–H and O–H groups in total. The first-order chi connectivity index (χ1) is 10.0. The summed E-state index contributed by atoms with van der Waals surface area (Å²) in [7, 11) is 1.54. The summed E-state index contributed by atoms with van der Waals surface area (Å²) in [6.45, 7) is 3.77. The van der Waals surface area contributed by atoms with Gasteiger partial charge in [-0.25, -0.2) is 0 Å². The number of thiophene rings is 1. The molecule has 0 aliphatic rings. The Kier molecular flexibility index (Phi) is 5.03. The zero-order chi connectivity index (χ0) is 15.4. The molecule has 2 rings (SSSR count). The van der Waals surface area contributed by atoms with Crippen LogP contribution < -0.4 is 10.1 Å². The Hall–Kier alpha value is -1.79. The van der Waals surface area contributed by atoms with E-state index in [1.165, 1.54) is 17.6 Å². The average Bonchev–Trinajstić information content (AvgIpc) is 3.06. The van der Waals surface area contributed by atoms with Crippen LogP contribution in [-0.4, -0.2) is 24.2 Å². The van der Waals surface area contributed by atoms with Gasteiger partial charge < -0.3 is 19.6 Å². The van der Waals surface area contributed by atoms with Crippen LogP contribution in [0.2, 0.25) is 0 Å². The molecule has 0 bridgehead atoms. The van der Waals surface area contributed by atoms with Crippen molar-refractivity contribution in [1.29, 1.82) is 0 Å². The first kappa shape index (κ1) is 15.6. The second-order valence-electron chi connectivity index (χ2n) is 4.90. The molecule has 0 fully saturated rings. The monoisotopic (exact) mass is 309 g/mol. The van der Waals surface area contributed by atoms with Crippen LogP contribution in [0.15, 0.2) is 28.9 Å². The van der Waals surface area contributed by atoms with Crippen molar-refractivity contribution in [2.24, 2.45) is 0 Å². The summed E-state index contributed by atoms with van der Waals surface area (Å²) in [5.74, 6) is 0.888. The SMILES string of the molecule is COc1cc(C)sc1C(=O)NC(C)CC(O)c1ccco1. The summed E-state index contributed by atoms with van der Waals surface area (Å²) in [4.78, 5) is 13.8. The van der Waals surface area contributed by atoms with E-state index < -0.39 is 6.10 Å². The lowest BCUT2D eigenvalue weighted by Crippen LogP contribution is -2.33. The normalized spacial score (nSPS) is 13.7. The van der Waals surface area contributed by atoms with Crippen LogP contribution >= 0.6 is 11.3 Å². The highest BCUT2D eigenvalue weighted by Gasteiger charge is 2.20. The van der Waals surface area contributed by atoms with E-state index in [0.29, 0.717) is 22.8 Å². The van der Waals surface area contributed by atoms with E-state index in [-0.39, 0.29) is 11.9 Å². The molecule has 0 aliphatic carbocycles. The number of hydrogen-bond acceptors (Lipinski definition) is 5. The first-order valence-corrected chi connectivity index (χ1v) is 7.49. The molecule has 2 heterocycles. The third-order valence-electron chi connectivity index (χ3n) is 3.07. The average molecular weight is 309 g/mol. The van der Waals surface area contributed by atoms with Gasteiger partial charge in [0.1, 0.15) is 22.5 Å². The van der Waals surface area contributed by atoms with Gasteiger partial charge in [0.2, 0.25) is 0 Å². The van der Waals surface area contributed by atoms with E-state index in [2.05, 4.69) is 5.32 Å². The van der Waals surface area contributed by atoms with Gasteiger partial charge in [0.15, 0.2) is 0 Å². The van der Waals surface area contributed by atoms with Crippen LogP contribution in [0.4, 0.5) is 0 Å². The van der Waals surface area contributed by atoms with Gasteiger partial charge >= 0.3 is 0 Å². The van der Waals surface area contributed by atoms with Gasteiger partial charge in [0.05, 0.1) is 13.4 Å². The maximum Gasteiger partial charge on any atom is 0.265 e. The molecule has 0 radical (unpaired) electrons. The minimum absolute atomic E-state index is 0.190. The molecule has 2 unspecified atom stereocenters. The Morgan fingerprint density at radius 3 is 2.95 bits per heavy atom. The Morgan fingerprint density at radius 1 is 1.57 bits per heavy atom. The van der Waals surface area contributed by atoms with E-state index in [1.54, 1.807) is 19.2 Å². The second-order valence-corrected chi connectivity index (χ2v) is 6.15. The minimum atomic E-state index is -0.734. The molecule has 2 aromatic heterocycles. The third-order valence-corrected chi connectivity index (χ3v) is 4.10. The summed E-state index contributed by atoms with van der Waals surface area (Å²) in [5, 5.41) is 12.9. The highest BCUT2D eigenvalue weighted by molar-refractivity contribution is 7.14. The largest absolute Gasteiger partial charge is 0.495 e. The summed E-state index contributed by atoms with van der Waals surface area (Å²) in [5.41, 5.74) is 0. The fourth-order valence-electron chi connectivity index (χ4n) is 2.08. The van der Waals surface area contributed by atoms with Crippen LogP contribution in [0.5, 0.6) is 5.75 Å². The Morgan fingerprint density at radius 2 is 2.33 bits per heavy atom. The third kappa shape index (κ3) is 3.86. The molecule has 0 aliphatic heterocycles. The maximum atomic E-state index is 12.2.